The number of rotatable bonds is 2. The highest BCUT2D eigenvalue weighted by molar-refractivity contribution is 7.80. The Bertz CT molecular complexity index is 393. The SMILES string of the molecule is NC(=S)C1(C(=O)N2CCCC(C(F)(F)F)C2)CCC1. The molecule has 0 aromatic heterocycles. The molecule has 0 aromatic rings. The van der Waals surface area contributed by atoms with Crippen molar-refractivity contribution < 1.29 is 18.0 Å². The Kier molecular flexibility index (Phi) is 3.77. The normalized spacial score (nSPS) is 26.7. The number of carbonyl (C=O) groups excluding carboxylic acids is 1. The Balaban J connectivity index is 2.09. The number of alkyl halides is 3. The standard InChI is InChI=1S/C12H17F3N2OS/c13-12(14,15)8-3-1-6-17(7-8)10(18)11(9(16)19)4-2-5-11/h8H,1-7H2,(H2,16,19). The molecule has 1 amide bonds. The summed E-state index contributed by atoms with van der Waals surface area (Å²) in [5.41, 5.74) is 4.75. The van der Waals surface area contributed by atoms with Crippen LogP contribution in [-0.4, -0.2) is 35.1 Å². The van der Waals surface area contributed by atoms with E-state index in [-0.39, 0.29) is 23.9 Å². The van der Waals surface area contributed by atoms with Gasteiger partial charge in [-0.2, -0.15) is 13.2 Å². The number of hydrogen-bond donors (Lipinski definition) is 1. The number of nitrogens with two attached hydrogens (primary N) is 1. The molecule has 0 radical (unpaired) electrons. The van der Waals surface area contributed by atoms with E-state index >= 15 is 0 Å². The molecule has 2 N–H and O–H groups in total. The summed E-state index contributed by atoms with van der Waals surface area (Å²) in [6.45, 7) is 0.114. The van der Waals surface area contributed by atoms with Crippen LogP contribution < -0.4 is 5.73 Å². The van der Waals surface area contributed by atoms with E-state index in [1.807, 2.05) is 0 Å². The summed E-state index contributed by atoms with van der Waals surface area (Å²) in [4.78, 5) is 13.8. The second-order valence-corrected chi connectivity index (χ2v) is 5.87. The first-order chi connectivity index (χ1) is 8.77. The molecule has 2 aliphatic rings. The number of likely N-dealkylation sites (tertiary alicyclic amines) is 1. The summed E-state index contributed by atoms with van der Waals surface area (Å²) in [5, 5.41) is 0. The van der Waals surface area contributed by atoms with E-state index in [1.165, 1.54) is 4.90 Å². The number of nitrogens with zero attached hydrogens (tertiary/aromatic N) is 1. The van der Waals surface area contributed by atoms with E-state index in [0.717, 1.165) is 6.42 Å². The Morgan fingerprint density at radius 1 is 1.32 bits per heavy atom. The average molecular weight is 294 g/mol. The molecular weight excluding hydrogens is 277 g/mol. The van der Waals surface area contributed by atoms with Crippen molar-refractivity contribution in [1.29, 1.82) is 0 Å². The van der Waals surface area contributed by atoms with Crippen LogP contribution in [0.3, 0.4) is 0 Å². The molecular formula is C12H17F3N2OS. The Labute approximate surface area is 115 Å². The van der Waals surface area contributed by atoms with Gasteiger partial charge in [-0.3, -0.25) is 4.79 Å². The Hall–Kier alpha value is -0.850. The Morgan fingerprint density at radius 2 is 1.95 bits per heavy atom. The molecule has 0 aromatic carbocycles. The monoisotopic (exact) mass is 294 g/mol. The predicted molar refractivity (Wildman–Crippen MR) is 68.4 cm³/mol. The van der Waals surface area contributed by atoms with Gasteiger partial charge >= 0.3 is 6.18 Å². The number of hydrogen-bond acceptors (Lipinski definition) is 2. The van der Waals surface area contributed by atoms with E-state index in [9.17, 15) is 18.0 Å². The van der Waals surface area contributed by atoms with Gasteiger partial charge in [-0.15, -0.1) is 0 Å². The highest BCUT2D eigenvalue weighted by Gasteiger charge is 2.51. The van der Waals surface area contributed by atoms with Crippen molar-refractivity contribution in [2.75, 3.05) is 13.1 Å². The van der Waals surface area contributed by atoms with Crippen LogP contribution in [-0.2, 0) is 4.79 Å². The lowest BCUT2D eigenvalue weighted by Gasteiger charge is -2.45. The van der Waals surface area contributed by atoms with E-state index < -0.39 is 17.5 Å². The molecule has 1 atom stereocenters. The molecule has 0 bridgehead atoms. The van der Waals surface area contributed by atoms with Crippen molar-refractivity contribution in [3.05, 3.63) is 0 Å². The maximum atomic E-state index is 12.7. The van der Waals surface area contributed by atoms with Crippen molar-refractivity contribution in [2.24, 2.45) is 17.1 Å². The minimum absolute atomic E-state index is 0.0906. The summed E-state index contributed by atoms with van der Waals surface area (Å²) < 4.78 is 38.2. The molecule has 1 heterocycles. The number of thiocarbonyl (C=S) groups is 1. The van der Waals surface area contributed by atoms with Gasteiger partial charge in [-0.1, -0.05) is 18.6 Å². The minimum Gasteiger partial charge on any atom is -0.392 e. The van der Waals surface area contributed by atoms with Crippen LogP contribution in [0.5, 0.6) is 0 Å². The van der Waals surface area contributed by atoms with Gasteiger partial charge in [-0.05, 0) is 25.7 Å². The summed E-state index contributed by atoms with van der Waals surface area (Å²) >= 11 is 4.94. The summed E-state index contributed by atoms with van der Waals surface area (Å²) in [5.74, 6) is -1.73. The molecule has 1 aliphatic heterocycles. The minimum atomic E-state index is -4.24. The first-order valence-electron chi connectivity index (χ1n) is 6.43. The lowest BCUT2D eigenvalue weighted by atomic mass is 9.67. The number of amides is 1. The second kappa shape index (κ2) is 4.92. The molecule has 1 saturated heterocycles. The maximum Gasteiger partial charge on any atom is 0.393 e. The molecule has 2 fully saturated rings. The first-order valence-corrected chi connectivity index (χ1v) is 6.84. The third kappa shape index (κ3) is 2.57. The third-order valence-corrected chi connectivity index (χ3v) is 4.65. The lowest BCUT2D eigenvalue weighted by molar-refractivity contribution is -0.189. The van der Waals surface area contributed by atoms with E-state index in [4.69, 9.17) is 18.0 Å². The van der Waals surface area contributed by atoms with Gasteiger partial charge < -0.3 is 10.6 Å². The number of carbonyl (C=O) groups is 1. The highest BCUT2D eigenvalue weighted by atomic mass is 32.1. The quantitative estimate of drug-likeness (QED) is 0.795. The molecule has 19 heavy (non-hydrogen) atoms. The molecule has 0 spiro atoms. The Morgan fingerprint density at radius 3 is 2.37 bits per heavy atom. The number of halogens is 3. The van der Waals surface area contributed by atoms with Crippen molar-refractivity contribution >= 4 is 23.1 Å². The largest absolute Gasteiger partial charge is 0.393 e. The fourth-order valence-electron chi connectivity index (χ4n) is 2.83. The predicted octanol–water partition coefficient (Wildman–Crippen LogP) is 2.24. The van der Waals surface area contributed by atoms with Crippen LogP contribution in [0.25, 0.3) is 0 Å². The average Bonchev–Trinajstić information content (AvgIpc) is 2.26. The van der Waals surface area contributed by atoms with Crippen molar-refractivity contribution in [3.8, 4) is 0 Å². The van der Waals surface area contributed by atoms with E-state index in [0.29, 0.717) is 25.8 Å². The zero-order valence-corrected chi connectivity index (χ0v) is 11.3. The third-order valence-electron chi connectivity index (χ3n) is 4.26. The summed E-state index contributed by atoms with van der Waals surface area (Å²) in [6.07, 6.45) is -1.80. The van der Waals surface area contributed by atoms with Gasteiger partial charge in [0.2, 0.25) is 5.91 Å². The van der Waals surface area contributed by atoms with Gasteiger partial charge in [0.1, 0.15) is 0 Å². The topological polar surface area (TPSA) is 46.3 Å². The van der Waals surface area contributed by atoms with Crippen molar-refractivity contribution in [2.45, 2.75) is 38.3 Å². The summed E-state index contributed by atoms with van der Waals surface area (Å²) in [7, 11) is 0. The van der Waals surface area contributed by atoms with Crippen molar-refractivity contribution in [1.82, 2.24) is 4.90 Å². The first kappa shape index (κ1) is 14.6. The second-order valence-electron chi connectivity index (χ2n) is 5.43. The zero-order chi connectivity index (χ0) is 14.3. The van der Waals surface area contributed by atoms with Gasteiger partial charge in [0.15, 0.2) is 0 Å². The highest BCUT2D eigenvalue weighted by Crippen LogP contribution is 2.44. The van der Waals surface area contributed by atoms with Crippen LogP contribution >= 0.6 is 12.2 Å². The van der Waals surface area contributed by atoms with Gasteiger partial charge in [0.05, 0.1) is 16.3 Å². The fraction of sp³-hybridized carbons (Fsp3) is 0.833. The molecule has 1 aliphatic carbocycles. The molecule has 108 valence electrons. The van der Waals surface area contributed by atoms with Crippen LogP contribution in [0.4, 0.5) is 13.2 Å². The maximum absolute atomic E-state index is 12.7. The van der Waals surface area contributed by atoms with Crippen LogP contribution in [0, 0.1) is 11.3 Å². The fourth-order valence-corrected chi connectivity index (χ4v) is 3.12. The van der Waals surface area contributed by atoms with Crippen LogP contribution in [0.2, 0.25) is 0 Å². The molecule has 1 unspecified atom stereocenters. The summed E-state index contributed by atoms with van der Waals surface area (Å²) in [6, 6.07) is 0. The van der Waals surface area contributed by atoms with Gasteiger partial charge in [0.25, 0.3) is 0 Å². The van der Waals surface area contributed by atoms with Crippen molar-refractivity contribution in [3.63, 3.8) is 0 Å². The smallest absolute Gasteiger partial charge is 0.392 e. The molecule has 1 saturated carbocycles. The van der Waals surface area contributed by atoms with E-state index in [1.54, 1.807) is 0 Å². The molecule has 7 heteroatoms. The molecule has 3 nitrogen and oxygen atoms in total. The lowest BCUT2D eigenvalue weighted by Crippen LogP contribution is -2.57. The zero-order valence-electron chi connectivity index (χ0n) is 10.5. The van der Waals surface area contributed by atoms with E-state index in [2.05, 4.69) is 0 Å². The number of piperidine rings is 1. The van der Waals surface area contributed by atoms with Crippen LogP contribution in [0.1, 0.15) is 32.1 Å². The van der Waals surface area contributed by atoms with Gasteiger partial charge in [-0.25, -0.2) is 0 Å². The van der Waals surface area contributed by atoms with Gasteiger partial charge in [0, 0.05) is 13.1 Å². The molecule has 2 rings (SSSR count). The van der Waals surface area contributed by atoms with Crippen LogP contribution in [0.15, 0.2) is 0 Å².